The van der Waals surface area contributed by atoms with Crippen LogP contribution in [0.4, 0.5) is 14.5 Å². The van der Waals surface area contributed by atoms with E-state index in [-0.39, 0.29) is 5.78 Å². The summed E-state index contributed by atoms with van der Waals surface area (Å²) >= 11 is 3.36. The van der Waals surface area contributed by atoms with E-state index < -0.39 is 29.1 Å². The van der Waals surface area contributed by atoms with Crippen LogP contribution in [-0.4, -0.2) is 17.4 Å². The maximum absolute atomic E-state index is 14.3. The number of thiophene rings is 1. The number of hydrogen-bond acceptors (Lipinski definition) is 5. The highest BCUT2D eigenvalue weighted by molar-refractivity contribution is 8.01. The Morgan fingerprint density at radius 3 is 2.64 bits per heavy atom. The third-order valence-electron chi connectivity index (χ3n) is 5.93. The first-order valence-corrected chi connectivity index (χ1v) is 12.9. The number of nitrogens with one attached hydrogen (secondary N) is 2. The molecule has 0 saturated heterocycles. The van der Waals surface area contributed by atoms with Crippen LogP contribution in [-0.2, 0) is 16.0 Å². The fourth-order valence-corrected chi connectivity index (χ4v) is 6.83. The van der Waals surface area contributed by atoms with Crippen molar-refractivity contribution in [3.63, 3.8) is 0 Å². The lowest BCUT2D eigenvalue weighted by molar-refractivity contribution is -0.116. The van der Waals surface area contributed by atoms with Gasteiger partial charge in [-0.2, -0.15) is 0 Å². The molecule has 4 nitrogen and oxygen atoms in total. The molecule has 1 atom stereocenters. The molecule has 33 heavy (non-hydrogen) atoms. The number of dihydropyridines is 1. The standard InChI is InChI=1S/C25H26F2N2O2S2/c1-4-14-12-15(25(33-14)32-5-2)21-20(13(3)28-18-10-7-11-19(30)22(18)21)24(31)29-23-16(26)8-6-9-17(23)27/h6,8-9,12,21,28H,4-5,7,10-11H2,1-3H3,(H,29,31)/t21-/m0/s1. The molecule has 0 unspecified atom stereocenters. The molecule has 1 aliphatic heterocycles. The predicted octanol–water partition coefficient (Wildman–Crippen LogP) is 6.31. The second kappa shape index (κ2) is 9.81. The number of anilines is 1. The summed E-state index contributed by atoms with van der Waals surface area (Å²) in [5.41, 5.74) is 2.80. The summed E-state index contributed by atoms with van der Waals surface area (Å²) in [7, 11) is 0. The lowest BCUT2D eigenvalue weighted by atomic mass is 9.75. The number of hydrogen-bond donors (Lipinski definition) is 2. The zero-order valence-corrected chi connectivity index (χ0v) is 20.4. The number of halogens is 2. The summed E-state index contributed by atoms with van der Waals surface area (Å²) < 4.78 is 29.6. The summed E-state index contributed by atoms with van der Waals surface area (Å²) in [5, 5.41) is 5.69. The number of aryl methyl sites for hydroxylation is 1. The van der Waals surface area contributed by atoms with E-state index in [0.29, 0.717) is 23.3 Å². The molecule has 1 aliphatic carbocycles. The Balaban J connectivity index is 1.85. The van der Waals surface area contributed by atoms with Crippen LogP contribution in [0.5, 0.6) is 0 Å². The van der Waals surface area contributed by atoms with Crippen LogP contribution >= 0.6 is 23.1 Å². The molecule has 2 aromatic rings. The Labute approximate surface area is 200 Å². The number of benzene rings is 1. The van der Waals surface area contributed by atoms with Gasteiger partial charge < -0.3 is 10.6 Å². The molecule has 4 rings (SSSR count). The third kappa shape index (κ3) is 4.51. The molecule has 174 valence electrons. The van der Waals surface area contributed by atoms with Crippen LogP contribution in [0.2, 0.25) is 0 Å². The smallest absolute Gasteiger partial charge is 0.254 e. The number of carbonyl (C=O) groups is 2. The first-order valence-electron chi connectivity index (χ1n) is 11.1. The summed E-state index contributed by atoms with van der Waals surface area (Å²) in [5.74, 6) is -2.01. The van der Waals surface area contributed by atoms with Crippen molar-refractivity contribution >= 4 is 40.5 Å². The Morgan fingerprint density at radius 2 is 1.97 bits per heavy atom. The molecule has 2 heterocycles. The van der Waals surface area contributed by atoms with Crippen LogP contribution in [0.3, 0.4) is 0 Å². The van der Waals surface area contributed by atoms with Crippen molar-refractivity contribution in [1.29, 1.82) is 0 Å². The summed E-state index contributed by atoms with van der Waals surface area (Å²) in [4.78, 5) is 27.8. The lowest BCUT2D eigenvalue weighted by Gasteiger charge is -2.34. The van der Waals surface area contributed by atoms with Gasteiger partial charge >= 0.3 is 0 Å². The first-order chi connectivity index (χ1) is 15.8. The van der Waals surface area contributed by atoms with E-state index in [0.717, 1.165) is 52.6 Å². The van der Waals surface area contributed by atoms with Crippen molar-refractivity contribution in [1.82, 2.24) is 5.32 Å². The minimum Gasteiger partial charge on any atom is -0.362 e. The van der Waals surface area contributed by atoms with Gasteiger partial charge in [-0.1, -0.05) is 19.9 Å². The Morgan fingerprint density at radius 1 is 1.24 bits per heavy atom. The van der Waals surface area contributed by atoms with E-state index in [1.165, 1.54) is 10.9 Å². The Bertz CT molecular complexity index is 1160. The van der Waals surface area contributed by atoms with Gasteiger partial charge in [-0.05, 0) is 55.7 Å². The highest BCUT2D eigenvalue weighted by Crippen LogP contribution is 2.47. The Kier molecular flexibility index (Phi) is 7.05. The number of para-hydroxylation sites is 1. The molecule has 8 heteroatoms. The molecular formula is C25H26F2N2O2S2. The molecule has 1 amide bonds. The monoisotopic (exact) mass is 488 g/mol. The molecule has 0 fully saturated rings. The normalized spacial score (nSPS) is 18.3. The highest BCUT2D eigenvalue weighted by Gasteiger charge is 2.40. The molecule has 0 radical (unpaired) electrons. The van der Waals surface area contributed by atoms with Gasteiger partial charge in [0.05, 0.1) is 4.21 Å². The van der Waals surface area contributed by atoms with E-state index in [4.69, 9.17) is 0 Å². The fourth-order valence-electron chi connectivity index (χ4n) is 4.45. The molecule has 1 aromatic carbocycles. The summed E-state index contributed by atoms with van der Waals surface area (Å²) in [6.45, 7) is 5.92. The summed E-state index contributed by atoms with van der Waals surface area (Å²) in [6, 6.07) is 5.53. The minimum atomic E-state index is -0.846. The van der Waals surface area contributed by atoms with E-state index in [1.54, 1.807) is 30.0 Å². The largest absolute Gasteiger partial charge is 0.362 e. The molecule has 0 bridgehead atoms. The average Bonchev–Trinajstić information content (AvgIpc) is 3.18. The van der Waals surface area contributed by atoms with Gasteiger partial charge in [0.25, 0.3) is 5.91 Å². The fraction of sp³-hybridized carbons (Fsp3) is 0.360. The van der Waals surface area contributed by atoms with Crippen molar-refractivity contribution in [2.45, 2.75) is 56.6 Å². The van der Waals surface area contributed by atoms with Crippen molar-refractivity contribution < 1.29 is 18.4 Å². The van der Waals surface area contributed by atoms with E-state index in [2.05, 4.69) is 30.5 Å². The van der Waals surface area contributed by atoms with Gasteiger partial charge in [0.1, 0.15) is 17.3 Å². The molecular weight excluding hydrogens is 462 g/mol. The van der Waals surface area contributed by atoms with Crippen molar-refractivity contribution in [3.8, 4) is 0 Å². The second-order valence-electron chi connectivity index (χ2n) is 8.06. The van der Waals surface area contributed by atoms with Gasteiger partial charge in [0, 0.05) is 39.8 Å². The van der Waals surface area contributed by atoms with Gasteiger partial charge in [-0.25, -0.2) is 8.78 Å². The van der Waals surface area contributed by atoms with E-state index in [9.17, 15) is 18.4 Å². The lowest BCUT2D eigenvalue weighted by Crippen LogP contribution is -2.35. The van der Waals surface area contributed by atoms with Crippen LogP contribution in [0, 0.1) is 11.6 Å². The molecule has 2 N–H and O–H groups in total. The van der Waals surface area contributed by atoms with E-state index >= 15 is 0 Å². The first kappa shape index (κ1) is 23.7. The van der Waals surface area contributed by atoms with E-state index in [1.807, 2.05) is 0 Å². The topological polar surface area (TPSA) is 58.2 Å². The van der Waals surface area contributed by atoms with Crippen LogP contribution < -0.4 is 10.6 Å². The molecule has 1 aromatic heterocycles. The SMILES string of the molecule is CCSc1sc(CC)cc1[C@H]1C(C(=O)Nc2c(F)cccc2F)=C(C)NC2=C1C(=O)CCC2. The predicted molar refractivity (Wildman–Crippen MR) is 130 cm³/mol. The number of rotatable bonds is 6. The zero-order valence-electron chi connectivity index (χ0n) is 18.8. The number of carbonyl (C=O) groups excluding carboxylic acids is 2. The van der Waals surface area contributed by atoms with Crippen molar-refractivity contribution in [2.24, 2.45) is 0 Å². The van der Waals surface area contributed by atoms with Crippen molar-refractivity contribution in [2.75, 3.05) is 11.1 Å². The van der Waals surface area contributed by atoms with Crippen LogP contribution in [0.25, 0.3) is 0 Å². The zero-order chi connectivity index (χ0) is 23.7. The van der Waals surface area contributed by atoms with Crippen LogP contribution in [0.15, 0.2) is 51.0 Å². The number of Topliss-reactive ketones (excluding diaryl/α,β-unsaturated/α-hetero) is 1. The minimum absolute atomic E-state index is 0.0142. The maximum Gasteiger partial charge on any atom is 0.254 e. The maximum atomic E-state index is 14.3. The molecule has 0 saturated carbocycles. The number of amides is 1. The molecule has 2 aliphatic rings. The Hall–Kier alpha value is -2.45. The quantitative estimate of drug-likeness (QED) is 0.468. The van der Waals surface area contributed by atoms with Crippen LogP contribution in [0.1, 0.15) is 56.4 Å². The second-order valence-corrected chi connectivity index (χ2v) is 10.7. The number of ketones is 1. The van der Waals surface area contributed by atoms with Gasteiger partial charge in [-0.3, -0.25) is 9.59 Å². The van der Waals surface area contributed by atoms with Crippen molar-refractivity contribution in [3.05, 3.63) is 68.9 Å². The third-order valence-corrected chi connectivity index (χ3v) is 8.41. The summed E-state index contributed by atoms with van der Waals surface area (Å²) in [6.07, 6.45) is 2.76. The average molecular weight is 489 g/mol. The van der Waals surface area contributed by atoms with Gasteiger partial charge in [0.2, 0.25) is 0 Å². The van der Waals surface area contributed by atoms with Gasteiger partial charge in [0.15, 0.2) is 5.78 Å². The molecule has 0 spiro atoms. The van der Waals surface area contributed by atoms with Gasteiger partial charge in [-0.15, -0.1) is 23.1 Å². The number of thioether (sulfide) groups is 1. The highest BCUT2D eigenvalue weighted by atomic mass is 32.2. The number of allylic oxidation sites excluding steroid dienone is 3.